The molecule has 17 heavy (non-hydrogen) atoms. The van der Waals surface area contributed by atoms with Gasteiger partial charge in [0.05, 0.1) is 0 Å². The summed E-state index contributed by atoms with van der Waals surface area (Å²) in [5, 5.41) is 0. The van der Waals surface area contributed by atoms with Crippen LogP contribution in [0.25, 0.3) is 0 Å². The maximum absolute atomic E-state index is 3.96. The molecule has 1 heteroatoms. The van der Waals surface area contributed by atoms with E-state index in [0.29, 0.717) is 4.83 Å². The molecular weight excluding hydrogens is 272 g/mol. The van der Waals surface area contributed by atoms with Crippen LogP contribution in [0, 0.1) is 5.92 Å². The molecule has 0 nitrogen and oxygen atoms in total. The maximum Gasteiger partial charge on any atom is 0.0423 e. The van der Waals surface area contributed by atoms with E-state index in [9.17, 15) is 0 Å². The minimum absolute atomic E-state index is 0.591. The molecule has 1 fully saturated rings. The fraction of sp³-hybridized carbons (Fsp3) is 0.625. The number of rotatable bonds is 2. The lowest BCUT2D eigenvalue weighted by atomic mass is 9.84. The van der Waals surface area contributed by atoms with Gasteiger partial charge in [0.2, 0.25) is 0 Å². The van der Waals surface area contributed by atoms with E-state index in [1.807, 2.05) is 0 Å². The van der Waals surface area contributed by atoms with Gasteiger partial charge in [-0.25, -0.2) is 0 Å². The summed E-state index contributed by atoms with van der Waals surface area (Å²) in [4.78, 5) is 0.591. The van der Waals surface area contributed by atoms with Crippen LogP contribution in [-0.4, -0.2) is 0 Å². The summed E-state index contributed by atoms with van der Waals surface area (Å²) in [6.07, 6.45) is 11.1. The van der Waals surface area contributed by atoms with Gasteiger partial charge in [-0.3, -0.25) is 0 Å². The van der Waals surface area contributed by atoms with Crippen molar-refractivity contribution in [1.29, 1.82) is 0 Å². The highest BCUT2D eigenvalue weighted by Crippen LogP contribution is 2.41. The van der Waals surface area contributed by atoms with Crippen LogP contribution >= 0.6 is 15.9 Å². The molecule has 0 aromatic heterocycles. The Morgan fingerprint density at radius 3 is 2.53 bits per heavy atom. The first-order valence-corrected chi connectivity index (χ1v) is 8.02. The third-order valence-corrected chi connectivity index (χ3v) is 5.78. The largest absolute Gasteiger partial charge is 0.0836 e. The van der Waals surface area contributed by atoms with Gasteiger partial charge < -0.3 is 0 Å². The van der Waals surface area contributed by atoms with Crippen molar-refractivity contribution in [3.05, 3.63) is 34.9 Å². The van der Waals surface area contributed by atoms with Crippen molar-refractivity contribution in [2.45, 2.75) is 56.2 Å². The van der Waals surface area contributed by atoms with Gasteiger partial charge in [-0.1, -0.05) is 53.4 Å². The summed E-state index contributed by atoms with van der Waals surface area (Å²) in [7, 11) is 0. The molecule has 0 radical (unpaired) electrons. The third kappa shape index (κ3) is 2.45. The molecular formula is C16H21Br. The zero-order valence-corrected chi connectivity index (χ0v) is 12.0. The van der Waals surface area contributed by atoms with Crippen LogP contribution in [-0.2, 0) is 12.8 Å². The van der Waals surface area contributed by atoms with E-state index < -0.39 is 0 Å². The molecule has 0 heterocycles. The first-order valence-electron chi connectivity index (χ1n) is 7.10. The van der Waals surface area contributed by atoms with Gasteiger partial charge in [0, 0.05) is 4.83 Å². The Bertz CT molecular complexity index is 391. The lowest BCUT2D eigenvalue weighted by Gasteiger charge is -2.27. The average Bonchev–Trinajstić information content (AvgIpc) is 2.86. The fourth-order valence-corrected chi connectivity index (χ4v) is 4.28. The van der Waals surface area contributed by atoms with Crippen molar-refractivity contribution in [2.24, 2.45) is 5.92 Å². The van der Waals surface area contributed by atoms with E-state index in [2.05, 4.69) is 34.1 Å². The van der Waals surface area contributed by atoms with E-state index >= 15 is 0 Å². The SMILES string of the molecule is BrC(c1ccc2c(c1)CCC2)C1CCCCC1. The predicted octanol–water partition coefficient (Wildman–Crippen LogP) is 5.19. The van der Waals surface area contributed by atoms with Crippen molar-refractivity contribution >= 4 is 15.9 Å². The smallest absolute Gasteiger partial charge is 0.0423 e. The molecule has 3 rings (SSSR count). The molecule has 0 saturated heterocycles. The predicted molar refractivity (Wildman–Crippen MR) is 76.7 cm³/mol. The van der Waals surface area contributed by atoms with Crippen molar-refractivity contribution in [3.63, 3.8) is 0 Å². The second kappa shape index (κ2) is 5.14. The van der Waals surface area contributed by atoms with E-state index in [0.717, 1.165) is 5.92 Å². The highest BCUT2D eigenvalue weighted by molar-refractivity contribution is 9.09. The monoisotopic (exact) mass is 292 g/mol. The molecule has 1 aromatic rings. The Morgan fingerprint density at radius 2 is 1.71 bits per heavy atom. The van der Waals surface area contributed by atoms with Crippen LogP contribution in [0.1, 0.15) is 60.0 Å². The molecule has 0 spiro atoms. The topological polar surface area (TPSA) is 0 Å². The van der Waals surface area contributed by atoms with Crippen molar-refractivity contribution in [1.82, 2.24) is 0 Å². The normalized spacial score (nSPS) is 22.4. The van der Waals surface area contributed by atoms with Crippen molar-refractivity contribution in [2.75, 3.05) is 0 Å². The second-order valence-corrected chi connectivity index (χ2v) is 6.67. The molecule has 2 aliphatic carbocycles. The first-order chi connectivity index (χ1) is 8.34. The average molecular weight is 293 g/mol. The zero-order chi connectivity index (χ0) is 11.7. The molecule has 1 aromatic carbocycles. The van der Waals surface area contributed by atoms with Crippen LogP contribution in [0.5, 0.6) is 0 Å². The molecule has 0 N–H and O–H groups in total. The summed E-state index contributed by atoms with van der Waals surface area (Å²) in [5.74, 6) is 0.864. The van der Waals surface area contributed by atoms with Crippen LogP contribution in [0.15, 0.2) is 18.2 Å². The van der Waals surface area contributed by atoms with Crippen molar-refractivity contribution < 1.29 is 0 Å². The number of fused-ring (bicyclic) bond motifs is 1. The highest BCUT2D eigenvalue weighted by Gasteiger charge is 2.23. The van der Waals surface area contributed by atoms with E-state index in [1.165, 1.54) is 56.9 Å². The number of hydrogen-bond donors (Lipinski definition) is 0. The van der Waals surface area contributed by atoms with E-state index in [4.69, 9.17) is 0 Å². The first kappa shape index (κ1) is 11.8. The minimum Gasteiger partial charge on any atom is -0.0836 e. The van der Waals surface area contributed by atoms with Gasteiger partial charge in [-0.2, -0.15) is 0 Å². The molecule has 2 aliphatic rings. The standard InChI is InChI=1S/C16H21Br/c17-16(13-5-2-1-3-6-13)15-10-9-12-7-4-8-14(12)11-15/h9-11,13,16H,1-8H2. The number of aryl methyl sites for hydroxylation is 2. The van der Waals surface area contributed by atoms with Crippen LogP contribution in [0.4, 0.5) is 0 Å². The Kier molecular flexibility index (Phi) is 3.56. The summed E-state index contributed by atoms with van der Waals surface area (Å²) < 4.78 is 0. The van der Waals surface area contributed by atoms with Gasteiger partial charge in [0.1, 0.15) is 0 Å². The van der Waals surface area contributed by atoms with E-state index in [-0.39, 0.29) is 0 Å². The number of alkyl halides is 1. The van der Waals surface area contributed by atoms with Crippen LogP contribution in [0.2, 0.25) is 0 Å². The summed E-state index contributed by atoms with van der Waals surface area (Å²) in [6, 6.07) is 7.20. The zero-order valence-electron chi connectivity index (χ0n) is 10.4. The van der Waals surface area contributed by atoms with Crippen molar-refractivity contribution in [3.8, 4) is 0 Å². The molecule has 1 saturated carbocycles. The highest BCUT2D eigenvalue weighted by atomic mass is 79.9. The Morgan fingerprint density at radius 1 is 0.941 bits per heavy atom. The van der Waals surface area contributed by atoms with Gasteiger partial charge in [-0.15, -0.1) is 0 Å². The number of benzene rings is 1. The van der Waals surface area contributed by atoms with Crippen LogP contribution < -0.4 is 0 Å². The third-order valence-electron chi connectivity index (χ3n) is 4.50. The lowest BCUT2D eigenvalue weighted by molar-refractivity contribution is 0.354. The molecule has 0 bridgehead atoms. The molecule has 92 valence electrons. The molecule has 0 aliphatic heterocycles. The quantitative estimate of drug-likeness (QED) is 0.658. The number of hydrogen-bond acceptors (Lipinski definition) is 0. The summed E-state index contributed by atoms with van der Waals surface area (Å²) in [6.45, 7) is 0. The number of halogens is 1. The molecule has 1 unspecified atom stereocenters. The maximum atomic E-state index is 3.96. The van der Waals surface area contributed by atoms with Gasteiger partial charge in [0.15, 0.2) is 0 Å². The van der Waals surface area contributed by atoms with Crippen LogP contribution in [0.3, 0.4) is 0 Å². The van der Waals surface area contributed by atoms with E-state index in [1.54, 1.807) is 11.1 Å². The second-order valence-electron chi connectivity index (χ2n) is 5.68. The summed E-state index contributed by atoms with van der Waals surface area (Å²) in [5.41, 5.74) is 4.73. The lowest BCUT2D eigenvalue weighted by Crippen LogP contribution is -2.12. The van der Waals surface area contributed by atoms with Gasteiger partial charge in [-0.05, 0) is 54.7 Å². The summed E-state index contributed by atoms with van der Waals surface area (Å²) >= 11 is 3.96. The Balaban J connectivity index is 1.78. The van der Waals surface area contributed by atoms with Gasteiger partial charge in [0.25, 0.3) is 0 Å². The minimum atomic E-state index is 0.591. The van der Waals surface area contributed by atoms with Gasteiger partial charge >= 0.3 is 0 Å². The fourth-order valence-electron chi connectivity index (χ4n) is 3.46. The Hall–Kier alpha value is -0.300. The molecule has 0 amide bonds. The molecule has 1 atom stereocenters. The Labute approximate surface area is 113 Å².